The number of aromatic nitrogens is 3. The van der Waals surface area contributed by atoms with Gasteiger partial charge in [-0.15, -0.1) is 0 Å². The van der Waals surface area contributed by atoms with E-state index in [9.17, 15) is 0 Å². The van der Waals surface area contributed by atoms with Crippen LogP contribution < -0.4 is 5.32 Å². The summed E-state index contributed by atoms with van der Waals surface area (Å²) < 4.78 is 1.84. The van der Waals surface area contributed by atoms with Gasteiger partial charge in [0.1, 0.15) is 5.15 Å². The van der Waals surface area contributed by atoms with Crippen LogP contribution in [0.2, 0.25) is 10.3 Å². The molecule has 0 atom stereocenters. The van der Waals surface area contributed by atoms with Gasteiger partial charge in [-0.3, -0.25) is 0 Å². The minimum atomic E-state index is 0.381. The van der Waals surface area contributed by atoms with E-state index in [4.69, 9.17) is 23.2 Å². The maximum atomic E-state index is 6.11. The van der Waals surface area contributed by atoms with Crippen molar-refractivity contribution in [1.82, 2.24) is 14.6 Å². The highest BCUT2D eigenvalue weighted by molar-refractivity contribution is 6.34. The SMILES string of the molecule is Cc1cc(Cl)nc(Cl)c1NCc1cnn2ccccc12. The third-order valence-electron chi connectivity index (χ3n) is 3.10. The highest BCUT2D eigenvalue weighted by Gasteiger charge is 2.09. The van der Waals surface area contributed by atoms with Crippen molar-refractivity contribution >= 4 is 34.4 Å². The predicted octanol–water partition coefficient (Wildman–Crippen LogP) is 3.96. The van der Waals surface area contributed by atoms with Gasteiger partial charge in [0.2, 0.25) is 0 Å². The molecule has 0 bridgehead atoms. The van der Waals surface area contributed by atoms with Crippen LogP contribution in [0.3, 0.4) is 0 Å². The van der Waals surface area contributed by atoms with Crippen LogP contribution in [0, 0.1) is 6.92 Å². The van der Waals surface area contributed by atoms with E-state index in [2.05, 4.69) is 15.4 Å². The lowest BCUT2D eigenvalue weighted by molar-refractivity contribution is 0.961. The Morgan fingerprint density at radius 1 is 1.30 bits per heavy atom. The molecule has 0 aliphatic rings. The smallest absolute Gasteiger partial charge is 0.154 e. The number of rotatable bonds is 3. The second kappa shape index (κ2) is 5.31. The molecule has 4 nitrogen and oxygen atoms in total. The zero-order chi connectivity index (χ0) is 14.1. The van der Waals surface area contributed by atoms with E-state index in [1.54, 1.807) is 6.07 Å². The molecule has 0 saturated heterocycles. The van der Waals surface area contributed by atoms with E-state index in [0.717, 1.165) is 22.3 Å². The summed E-state index contributed by atoms with van der Waals surface area (Å²) in [5.41, 5.74) is 3.92. The van der Waals surface area contributed by atoms with Crippen LogP contribution in [0.1, 0.15) is 11.1 Å². The molecule has 20 heavy (non-hydrogen) atoms. The first-order valence-corrected chi connectivity index (χ1v) is 6.88. The average molecular weight is 307 g/mol. The average Bonchev–Trinajstić information content (AvgIpc) is 2.81. The number of fused-ring (bicyclic) bond motifs is 1. The van der Waals surface area contributed by atoms with Gasteiger partial charge in [-0.2, -0.15) is 5.10 Å². The lowest BCUT2D eigenvalue weighted by Crippen LogP contribution is -2.02. The van der Waals surface area contributed by atoms with Crippen LogP contribution in [0.5, 0.6) is 0 Å². The molecule has 1 N–H and O–H groups in total. The van der Waals surface area contributed by atoms with Gasteiger partial charge in [-0.05, 0) is 30.7 Å². The normalized spacial score (nSPS) is 10.9. The lowest BCUT2D eigenvalue weighted by atomic mass is 10.2. The summed E-state index contributed by atoms with van der Waals surface area (Å²) in [5.74, 6) is 0. The van der Waals surface area contributed by atoms with E-state index in [1.807, 2.05) is 42.0 Å². The number of pyridine rings is 2. The fraction of sp³-hybridized carbons (Fsp3) is 0.143. The Kier molecular flexibility index (Phi) is 3.51. The maximum absolute atomic E-state index is 6.11. The van der Waals surface area contributed by atoms with Crippen molar-refractivity contribution in [3.05, 3.63) is 58.1 Å². The second-order valence-electron chi connectivity index (χ2n) is 4.48. The number of aryl methyl sites for hydroxylation is 1. The molecule has 0 unspecified atom stereocenters. The fourth-order valence-corrected chi connectivity index (χ4v) is 2.71. The van der Waals surface area contributed by atoms with Crippen LogP contribution in [0.25, 0.3) is 5.52 Å². The molecule has 0 aromatic carbocycles. The van der Waals surface area contributed by atoms with Gasteiger partial charge >= 0.3 is 0 Å². The van der Waals surface area contributed by atoms with Crippen LogP contribution in [-0.4, -0.2) is 14.6 Å². The number of hydrogen-bond acceptors (Lipinski definition) is 3. The zero-order valence-electron chi connectivity index (χ0n) is 10.8. The maximum Gasteiger partial charge on any atom is 0.154 e. The molecule has 3 aromatic rings. The van der Waals surface area contributed by atoms with Gasteiger partial charge in [0.05, 0.1) is 17.4 Å². The molecule has 3 heterocycles. The lowest BCUT2D eigenvalue weighted by Gasteiger charge is -2.10. The van der Waals surface area contributed by atoms with Crippen LogP contribution in [0.15, 0.2) is 36.7 Å². The van der Waals surface area contributed by atoms with Crippen LogP contribution >= 0.6 is 23.2 Å². The van der Waals surface area contributed by atoms with Crippen molar-refractivity contribution in [3.8, 4) is 0 Å². The number of anilines is 1. The van der Waals surface area contributed by atoms with Gasteiger partial charge in [-0.25, -0.2) is 9.50 Å². The van der Waals surface area contributed by atoms with E-state index in [1.165, 1.54) is 0 Å². The molecule has 0 fully saturated rings. The third kappa shape index (κ3) is 2.44. The van der Waals surface area contributed by atoms with Crippen molar-refractivity contribution in [3.63, 3.8) is 0 Å². The van der Waals surface area contributed by atoms with Gasteiger partial charge in [0.25, 0.3) is 0 Å². The topological polar surface area (TPSA) is 42.2 Å². The fourth-order valence-electron chi connectivity index (χ4n) is 2.12. The van der Waals surface area contributed by atoms with Gasteiger partial charge in [-0.1, -0.05) is 29.3 Å². The molecule has 0 amide bonds. The van der Waals surface area contributed by atoms with Crippen molar-refractivity contribution in [1.29, 1.82) is 0 Å². The van der Waals surface area contributed by atoms with Crippen LogP contribution in [-0.2, 0) is 6.54 Å². The Bertz CT molecular complexity index is 744. The summed E-state index contributed by atoms with van der Waals surface area (Å²) in [4.78, 5) is 4.04. The molecule has 0 spiro atoms. The minimum Gasteiger partial charge on any atom is -0.378 e. The Morgan fingerprint density at radius 2 is 2.15 bits per heavy atom. The largest absolute Gasteiger partial charge is 0.378 e. The Balaban J connectivity index is 1.87. The number of nitrogens with one attached hydrogen (secondary N) is 1. The Hall–Kier alpha value is -1.78. The summed E-state index contributed by atoms with van der Waals surface area (Å²) in [7, 11) is 0. The van der Waals surface area contributed by atoms with Gasteiger partial charge in [0, 0.05) is 18.3 Å². The molecule has 0 radical (unpaired) electrons. The van der Waals surface area contributed by atoms with E-state index >= 15 is 0 Å². The summed E-state index contributed by atoms with van der Waals surface area (Å²) in [6, 6.07) is 7.74. The van der Waals surface area contributed by atoms with Crippen molar-refractivity contribution in [2.45, 2.75) is 13.5 Å². The molecule has 6 heteroatoms. The first-order valence-electron chi connectivity index (χ1n) is 6.13. The molecule has 0 aliphatic carbocycles. The molecule has 0 saturated carbocycles. The minimum absolute atomic E-state index is 0.381. The number of hydrogen-bond donors (Lipinski definition) is 1. The van der Waals surface area contributed by atoms with E-state index < -0.39 is 0 Å². The molecule has 102 valence electrons. The first-order chi connectivity index (χ1) is 9.65. The Morgan fingerprint density at radius 3 is 2.95 bits per heavy atom. The molecule has 3 aromatic heterocycles. The van der Waals surface area contributed by atoms with E-state index in [0.29, 0.717) is 16.9 Å². The number of halogens is 2. The van der Waals surface area contributed by atoms with E-state index in [-0.39, 0.29) is 0 Å². The number of nitrogens with zero attached hydrogens (tertiary/aromatic N) is 3. The Labute approximate surface area is 126 Å². The molecular weight excluding hydrogens is 295 g/mol. The third-order valence-corrected chi connectivity index (χ3v) is 3.57. The van der Waals surface area contributed by atoms with Crippen molar-refractivity contribution in [2.24, 2.45) is 0 Å². The summed E-state index contributed by atoms with van der Waals surface area (Å²) >= 11 is 12.0. The first kappa shape index (κ1) is 13.2. The van der Waals surface area contributed by atoms with Crippen molar-refractivity contribution < 1.29 is 0 Å². The van der Waals surface area contributed by atoms with Crippen LogP contribution in [0.4, 0.5) is 5.69 Å². The molecule has 0 aliphatic heterocycles. The summed E-state index contributed by atoms with van der Waals surface area (Å²) in [6.07, 6.45) is 3.76. The van der Waals surface area contributed by atoms with Gasteiger partial charge in [0.15, 0.2) is 5.15 Å². The monoisotopic (exact) mass is 306 g/mol. The zero-order valence-corrected chi connectivity index (χ0v) is 12.3. The molecular formula is C14H12Cl2N4. The standard InChI is InChI=1S/C14H12Cl2N4/c1-9-6-12(15)19-14(16)13(9)17-7-10-8-18-20-5-3-2-4-11(10)20/h2-6,8,17H,7H2,1H3. The quantitative estimate of drug-likeness (QED) is 0.745. The summed E-state index contributed by atoms with van der Waals surface area (Å²) in [5, 5.41) is 8.37. The highest BCUT2D eigenvalue weighted by Crippen LogP contribution is 2.27. The van der Waals surface area contributed by atoms with Crippen molar-refractivity contribution in [2.75, 3.05) is 5.32 Å². The molecule has 3 rings (SSSR count). The predicted molar refractivity (Wildman–Crippen MR) is 81.5 cm³/mol. The van der Waals surface area contributed by atoms with Gasteiger partial charge < -0.3 is 5.32 Å². The summed E-state index contributed by atoms with van der Waals surface area (Å²) in [6.45, 7) is 2.56. The highest BCUT2D eigenvalue weighted by atomic mass is 35.5. The second-order valence-corrected chi connectivity index (χ2v) is 5.23.